The molecular weight excluding hydrogens is 555 g/mol. The Morgan fingerprint density at radius 3 is 2.36 bits per heavy atom. The van der Waals surface area contributed by atoms with Crippen molar-refractivity contribution in [3.63, 3.8) is 0 Å². The Bertz CT molecular complexity index is 1480. The van der Waals surface area contributed by atoms with Crippen molar-refractivity contribution >= 4 is 40.9 Å². The average molecular weight is 588 g/mol. The van der Waals surface area contributed by atoms with Gasteiger partial charge in [-0.25, -0.2) is 12.8 Å². The fraction of sp³-hybridized carbons (Fsp3) is 0.259. The van der Waals surface area contributed by atoms with E-state index in [0.717, 1.165) is 25.3 Å². The molecule has 1 aliphatic rings. The Balaban J connectivity index is 1.68. The van der Waals surface area contributed by atoms with E-state index in [1.165, 1.54) is 6.20 Å². The zero-order valence-electron chi connectivity index (χ0n) is 22.1. The van der Waals surface area contributed by atoms with E-state index in [1.807, 2.05) is 42.5 Å². The van der Waals surface area contributed by atoms with Gasteiger partial charge in [-0.05, 0) is 47.4 Å². The van der Waals surface area contributed by atoms with Crippen LogP contribution in [0.5, 0.6) is 5.75 Å². The standard InChI is InChI=1S/C27H33N3O6S2Si/c1-39(2,3)16-15-29-27(31)19-30(38(29,34)35)25-14-13-22(17-23-11-7-8-12-24(23)28-37(32)33)18-26(25)36-20-21-9-5-4-6-10-21/h4-14,18-19,28,31H,15-17,20H2,1-3H3,(H,32,33). The molecule has 208 valence electrons. The van der Waals surface area contributed by atoms with Gasteiger partial charge in [-0.2, -0.15) is 8.42 Å². The van der Waals surface area contributed by atoms with Gasteiger partial charge in [-0.3, -0.25) is 9.27 Å². The molecule has 0 amide bonds. The summed E-state index contributed by atoms with van der Waals surface area (Å²) < 4.78 is 58.4. The number of hydrogen-bond acceptors (Lipinski definition) is 5. The van der Waals surface area contributed by atoms with Gasteiger partial charge in [0.25, 0.3) is 11.3 Å². The van der Waals surface area contributed by atoms with Crippen molar-refractivity contribution in [2.75, 3.05) is 15.6 Å². The predicted molar refractivity (Wildman–Crippen MR) is 158 cm³/mol. The van der Waals surface area contributed by atoms with Crippen molar-refractivity contribution < 1.29 is 27.0 Å². The first-order valence-electron chi connectivity index (χ1n) is 12.4. The molecule has 0 spiro atoms. The van der Waals surface area contributed by atoms with Gasteiger partial charge in [-0.15, -0.1) is 0 Å². The molecule has 0 fully saturated rings. The third kappa shape index (κ3) is 7.21. The Morgan fingerprint density at radius 1 is 0.974 bits per heavy atom. The van der Waals surface area contributed by atoms with Crippen molar-refractivity contribution in [3.8, 4) is 5.75 Å². The molecule has 0 saturated carbocycles. The molecule has 9 nitrogen and oxygen atoms in total. The molecule has 0 bridgehead atoms. The second kappa shape index (κ2) is 11.8. The summed E-state index contributed by atoms with van der Waals surface area (Å²) in [7, 11) is -5.62. The Morgan fingerprint density at radius 2 is 1.67 bits per heavy atom. The van der Waals surface area contributed by atoms with Crippen LogP contribution in [0.25, 0.3) is 0 Å². The van der Waals surface area contributed by atoms with Crippen LogP contribution in [0.3, 0.4) is 0 Å². The van der Waals surface area contributed by atoms with Gasteiger partial charge in [-0.1, -0.05) is 74.2 Å². The third-order valence-corrected chi connectivity index (χ3v) is 10.0. The summed E-state index contributed by atoms with van der Waals surface area (Å²) in [5.41, 5.74) is 3.29. The molecule has 1 unspecified atom stereocenters. The number of para-hydroxylation sites is 1. The highest BCUT2D eigenvalue weighted by Crippen LogP contribution is 2.38. The molecule has 0 aromatic heterocycles. The number of benzene rings is 3. The molecule has 39 heavy (non-hydrogen) atoms. The minimum atomic E-state index is -4.06. The van der Waals surface area contributed by atoms with Crippen LogP contribution in [0.1, 0.15) is 16.7 Å². The second-order valence-corrected chi connectivity index (χ2v) is 18.5. The average Bonchev–Trinajstić information content (AvgIpc) is 3.10. The van der Waals surface area contributed by atoms with Crippen LogP contribution in [0, 0.1) is 0 Å². The second-order valence-electron chi connectivity index (χ2n) is 10.4. The van der Waals surface area contributed by atoms with Gasteiger partial charge in [0, 0.05) is 14.6 Å². The monoisotopic (exact) mass is 587 g/mol. The number of anilines is 2. The normalized spacial score (nSPS) is 15.6. The predicted octanol–water partition coefficient (Wildman–Crippen LogP) is 5.47. The Kier molecular flexibility index (Phi) is 8.69. The van der Waals surface area contributed by atoms with E-state index in [9.17, 15) is 22.3 Å². The fourth-order valence-electron chi connectivity index (χ4n) is 4.11. The highest BCUT2D eigenvalue weighted by atomic mass is 32.2. The molecular formula is C27H33N3O6S2Si. The molecule has 0 saturated heterocycles. The lowest BCUT2D eigenvalue weighted by molar-refractivity contribution is 0.294. The maximum absolute atomic E-state index is 13.5. The Labute approximate surface area is 233 Å². The molecule has 3 aromatic rings. The quantitative estimate of drug-likeness (QED) is 0.202. The van der Waals surface area contributed by atoms with Crippen LogP contribution in [-0.4, -0.2) is 41.2 Å². The van der Waals surface area contributed by atoms with Crippen LogP contribution in [-0.2, 0) is 34.5 Å². The van der Waals surface area contributed by atoms with Crippen molar-refractivity contribution in [2.45, 2.75) is 38.7 Å². The molecule has 0 radical (unpaired) electrons. The maximum Gasteiger partial charge on any atom is 0.332 e. The fourth-order valence-corrected chi connectivity index (χ4v) is 7.00. The molecule has 0 aliphatic carbocycles. The lowest BCUT2D eigenvalue weighted by Gasteiger charge is -2.25. The van der Waals surface area contributed by atoms with Gasteiger partial charge < -0.3 is 9.84 Å². The number of ether oxygens (including phenoxy) is 1. The van der Waals surface area contributed by atoms with Crippen LogP contribution in [0.4, 0.5) is 11.4 Å². The number of nitrogens with one attached hydrogen (secondary N) is 1. The zero-order valence-corrected chi connectivity index (χ0v) is 24.7. The number of aliphatic hydroxyl groups is 1. The van der Waals surface area contributed by atoms with E-state index in [2.05, 4.69) is 24.4 Å². The summed E-state index contributed by atoms with van der Waals surface area (Å²) in [4.78, 5) is 0. The first-order valence-corrected chi connectivity index (χ1v) is 18.6. The molecule has 12 heteroatoms. The summed E-state index contributed by atoms with van der Waals surface area (Å²) in [5, 5.41) is 10.6. The van der Waals surface area contributed by atoms with Gasteiger partial charge >= 0.3 is 10.2 Å². The zero-order chi connectivity index (χ0) is 28.2. The molecule has 3 N–H and O–H groups in total. The third-order valence-electron chi connectivity index (χ3n) is 6.19. The SMILES string of the molecule is C[Si](C)(C)CCN1C(O)=CN(c2ccc(Cc3ccccc3NS(=O)O)cc2OCc2ccccc2)S1(=O)=O. The van der Waals surface area contributed by atoms with Gasteiger partial charge in [0.05, 0.1) is 11.9 Å². The van der Waals surface area contributed by atoms with Gasteiger partial charge in [0.15, 0.2) is 0 Å². The largest absolute Gasteiger partial charge is 0.493 e. The first-order chi connectivity index (χ1) is 18.4. The lowest BCUT2D eigenvalue weighted by atomic mass is 10.0. The van der Waals surface area contributed by atoms with E-state index >= 15 is 0 Å². The highest BCUT2D eigenvalue weighted by molar-refractivity contribution is 7.91. The maximum atomic E-state index is 13.5. The summed E-state index contributed by atoms with van der Waals surface area (Å²) >= 11 is -2.22. The highest BCUT2D eigenvalue weighted by Gasteiger charge is 2.39. The smallest absolute Gasteiger partial charge is 0.332 e. The molecule has 4 rings (SSSR count). The van der Waals surface area contributed by atoms with Gasteiger partial charge in [0.1, 0.15) is 18.0 Å². The van der Waals surface area contributed by atoms with Gasteiger partial charge in [0.2, 0.25) is 5.88 Å². The van der Waals surface area contributed by atoms with Crippen molar-refractivity contribution in [2.24, 2.45) is 0 Å². The van der Waals surface area contributed by atoms with Crippen LogP contribution in [0.15, 0.2) is 84.9 Å². The van der Waals surface area contributed by atoms with Crippen molar-refractivity contribution in [1.82, 2.24) is 4.31 Å². The summed E-state index contributed by atoms with van der Waals surface area (Å²) in [5.74, 6) is -0.00413. The van der Waals surface area contributed by atoms with E-state index in [1.54, 1.807) is 30.3 Å². The van der Waals surface area contributed by atoms with Crippen molar-refractivity contribution in [3.05, 3.63) is 102 Å². The minimum Gasteiger partial charge on any atom is -0.493 e. The minimum absolute atomic E-state index is 0.200. The number of nitrogens with zero attached hydrogens (tertiary/aromatic N) is 2. The summed E-state index contributed by atoms with van der Waals surface area (Å²) in [6.07, 6.45) is 1.61. The molecule has 1 heterocycles. The van der Waals surface area contributed by atoms with Crippen LogP contribution >= 0.6 is 0 Å². The van der Waals surface area contributed by atoms with Crippen LogP contribution in [0.2, 0.25) is 25.7 Å². The van der Waals surface area contributed by atoms with E-state index in [4.69, 9.17) is 4.74 Å². The van der Waals surface area contributed by atoms with E-state index < -0.39 is 29.5 Å². The number of aliphatic hydroxyl groups excluding tert-OH is 1. The summed E-state index contributed by atoms with van der Waals surface area (Å²) in [6.45, 7) is 6.85. The van der Waals surface area contributed by atoms with E-state index in [-0.39, 0.29) is 24.7 Å². The summed E-state index contributed by atoms with van der Waals surface area (Å²) in [6, 6.07) is 22.6. The first kappa shape index (κ1) is 28.7. The lowest BCUT2D eigenvalue weighted by Crippen LogP contribution is -2.37. The van der Waals surface area contributed by atoms with Crippen LogP contribution < -0.4 is 13.8 Å². The number of hydrogen-bond donors (Lipinski definition) is 3. The van der Waals surface area contributed by atoms with E-state index in [0.29, 0.717) is 23.9 Å². The molecule has 1 atom stereocenters. The molecule has 3 aromatic carbocycles. The molecule has 1 aliphatic heterocycles. The number of rotatable bonds is 11. The van der Waals surface area contributed by atoms with Crippen molar-refractivity contribution in [1.29, 1.82) is 0 Å². The topological polar surface area (TPSA) is 119 Å². The Hall–Kier alpha value is -3.32.